The molecule has 0 bridgehead atoms. The van der Waals surface area contributed by atoms with E-state index in [1.807, 2.05) is 46.7 Å². The Morgan fingerprint density at radius 1 is 1.32 bits per heavy atom. The van der Waals surface area contributed by atoms with Gasteiger partial charge in [0, 0.05) is 33.1 Å². The summed E-state index contributed by atoms with van der Waals surface area (Å²) in [7, 11) is 4.02. The Hall–Kier alpha value is -1.72. The molecule has 1 amide bonds. The fourth-order valence-corrected chi connectivity index (χ4v) is 3.55. The summed E-state index contributed by atoms with van der Waals surface area (Å²) < 4.78 is 10.8. The monoisotopic (exact) mass is 307 g/mol. The SMILES string of the molecule is Cc1onc(C2[C@H]3CN(C(=O)OC(C)(C)C)C[C@@H]23)c1N(C)C. The fourth-order valence-electron chi connectivity index (χ4n) is 3.55. The molecule has 22 heavy (non-hydrogen) atoms. The standard InChI is InChI=1S/C16H25N3O3/c1-9-14(18(5)6)13(17-22-9)12-10-7-19(8-11(10)12)15(20)21-16(2,3)4/h10-12H,7-8H2,1-6H3/t10-,11+,12?. The normalized spacial score (nSPS) is 26.8. The van der Waals surface area contributed by atoms with Crippen LogP contribution in [0, 0.1) is 18.8 Å². The van der Waals surface area contributed by atoms with Gasteiger partial charge in [0.1, 0.15) is 17.0 Å². The Kier molecular flexibility index (Phi) is 3.38. The van der Waals surface area contributed by atoms with Crippen LogP contribution in [0.25, 0.3) is 0 Å². The smallest absolute Gasteiger partial charge is 0.410 e. The molecule has 3 rings (SSSR count). The lowest BCUT2D eigenvalue weighted by Gasteiger charge is -2.26. The zero-order chi connectivity index (χ0) is 16.2. The third-order valence-corrected chi connectivity index (χ3v) is 4.47. The average molecular weight is 307 g/mol. The number of anilines is 1. The van der Waals surface area contributed by atoms with E-state index in [-0.39, 0.29) is 6.09 Å². The van der Waals surface area contributed by atoms with Crippen molar-refractivity contribution in [2.75, 3.05) is 32.1 Å². The van der Waals surface area contributed by atoms with E-state index < -0.39 is 5.60 Å². The third kappa shape index (κ3) is 2.55. The van der Waals surface area contributed by atoms with Crippen LogP contribution in [-0.4, -0.2) is 48.9 Å². The minimum absolute atomic E-state index is 0.206. The largest absolute Gasteiger partial charge is 0.444 e. The topological polar surface area (TPSA) is 58.8 Å². The molecule has 0 radical (unpaired) electrons. The zero-order valence-electron chi connectivity index (χ0n) is 14.2. The van der Waals surface area contributed by atoms with Crippen molar-refractivity contribution in [2.45, 2.75) is 39.2 Å². The summed E-state index contributed by atoms with van der Waals surface area (Å²) in [5.74, 6) is 2.23. The van der Waals surface area contributed by atoms with Crippen molar-refractivity contribution in [3.8, 4) is 0 Å². The summed E-state index contributed by atoms with van der Waals surface area (Å²) in [5.41, 5.74) is 1.69. The molecular weight excluding hydrogens is 282 g/mol. The molecule has 2 heterocycles. The molecule has 0 spiro atoms. The number of fused-ring (bicyclic) bond motifs is 1. The first kappa shape index (κ1) is 15.2. The fraction of sp³-hybridized carbons (Fsp3) is 0.750. The van der Waals surface area contributed by atoms with Crippen LogP contribution in [0.3, 0.4) is 0 Å². The summed E-state index contributed by atoms with van der Waals surface area (Å²) in [4.78, 5) is 16.0. The van der Waals surface area contributed by atoms with Crippen molar-refractivity contribution in [1.82, 2.24) is 10.1 Å². The van der Waals surface area contributed by atoms with Gasteiger partial charge in [0.25, 0.3) is 0 Å². The average Bonchev–Trinajstić information content (AvgIpc) is 2.73. The van der Waals surface area contributed by atoms with Crippen LogP contribution in [0.2, 0.25) is 0 Å². The zero-order valence-corrected chi connectivity index (χ0v) is 14.2. The lowest BCUT2D eigenvalue weighted by atomic mass is 10.1. The predicted octanol–water partition coefficient (Wildman–Crippen LogP) is 2.63. The van der Waals surface area contributed by atoms with E-state index in [4.69, 9.17) is 9.26 Å². The van der Waals surface area contributed by atoms with Gasteiger partial charge >= 0.3 is 6.09 Å². The number of nitrogens with zero attached hydrogens (tertiary/aromatic N) is 3. The second-order valence-electron chi connectivity index (χ2n) is 7.61. The number of likely N-dealkylation sites (tertiary alicyclic amines) is 1. The molecule has 1 saturated carbocycles. The predicted molar refractivity (Wildman–Crippen MR) is 83.1 cm³/mol. The highest BCUT2D eigenvalue weighted by molar-refractivity contribution is 5.69. The van der Waals surface area contributed by atoms with Crippen LogP contribution in [0.1, 0.15) is 38.1 Å². The van der Waals surface area contributed by atoms with Crippen LogP contribution < -0.4 is 4.90 Å². The molecule has 2 aliphatic rings. The van der Waals surface area contributed by atoms with E-state index in [9.17, 15) is 4.79 Å². The number of hydrogen-bond donors (Lipinski definition) is 0. The maximum absolute atomic E-state index is 12.1. The quantitative estimate of drug-likeness (QED) is 0.840. The van der Waals surface area contributed by atoms with Crippen molar-refractivity contribution in [3.05, 3.63) is 11.5 Å². The minimum Gasteiger partial charge on any atom is -0.444 e. The van der Waals surface area contributed by atoms with Crippen LogP contribution >= 0.6 is 0 Å². The summed E-state index contributed by atoms with van der Waals surface area (Å²) in [6, 6.07) is 0. The van der Waals surface area contributed by atoms with Gasteiger partial charge in [0.15, 0.2) is 5.76 Å². The number of piperidine rings is 1. The van der Waals surface area contributed by atoms with Gasteiger partial charge in [-0.05, 0) is 39.5 Å². The van der Waals surface area contributed by atoms with Gasteiger partial charge in [-0.2, -0.15) is 0 Å². The van der Waals surface area contributed by atoms with Gasteiger partial charge in [0.05, 0.1) is 0 Å². The van der Waals surface area contributed by atoms with E-state index in [1.165, 1.54) is 0 Å². The van der Waals surface area contributed by atoms with Crippen LogP contribution in [0.4, 0.5) is 10.5 Å². The molecule has 122 valence electrons. The van der Waals surface area contributed by atoms with Gasteiger partial charge in [-0.25, -0.2) is 4.79 Å². The molecule has 3 atom stereocenters. The number of carbonyl (C=O) groups is 1. The first-order valence-corrected chi connectivity index (χ1v) is 7.80. The Morgan fingerprint density at radius 3 is 2.41 bits per heavy atom. The van der Waals surface area contributed by atoms with Crippen molar-refractivity contribution < 1.29 is 14.1 Å². The van der Waals surface area contributed by atoms with E-state index in [1.54, 1.807) is 0 Å². The first-order valence-electron chi connectivity index (χ1n) is 7.80. The number of amides is 1. The van der Waals surface area contributed by atoms with Gasteiger partial charge in [-0.1, -0.05) is 5.16 Å². The highest BCUT2D eigenvalue weighted by Gasteiger charge is 2.59. The Balaban J connectivity index is 1.65. The number of aryl methyl sites for hydroxylation is 1. The minimum atomic E-state index is -0.440. The van der Waals surface area contributed by atoms with E-state index >= 15 is 0 Å². The Morgan fingerprint density at radius 2 is 1.91 bits per heavy atom. The molecule has 0 aromatic carbocycles. The van der Waals surface area contributed by atoms with Crippen LogP contribution in [0.5, 0.6) is 0 Å². The summed E-state index contributed by atoms with van der Waals surface area (Å²) in [6.45, 7) is 9.13. The second-order valence-corrected chi connectivity index (χ2v) is 7.61. The van der Waals surface area contributed by atoms with E-state index in [0.717, 1.165) is 30.2 Å². The van der Waals surface area contributed by atoms with Crippen molar-refractivity contribution in [2.24, 2.45) is 11.8 Å². The van der Waals surface area contributed by atoms with E-state index in [2.05, 4.69) is 10.1 Å². The highest BCUT2D eigenvalue weighted by Crippen LogP contribution is 2.59. The maximum Gasteiger partial charge on any atom is 0.410 e. The molecule has 0 N–H and O–H groups in total. The number of hydrogen-bond acceptors (Lipinski definition) is 5. The first-order chi connectivity index (χ1) is 10.2. The lowest BCUT2D eigenvalue weighted by molar-refractivity contribution is 0.0270. The highest BCUT2D eigenvalue weighted by atomic mass is 16.6. The lowest BCUT2D eigenvalue weighted by Crippen LogP contribution is -2.37. The summed E-state index contributed by atoms with van der Waals surface area (Å²) in [6.07, 6.45) is -0.206. The van der Waals surface area contributed by atoms with Crippen LogP contribution in [0.15, 0.2) is 4.52 Å². The molecule has 1 aromatic rings. The summed E-state index contributed by atoms with van der Waals surface area (Å²) >= 11 is 0. The van der Waals surface area contributed by atoms with E-state index in [0.29, 0.717) is 17.8 Å². The Labute approximate surface area is 131 Å². The van der Waals surface area contributed by atoms with Crippen LogP contribution in [-0.2, 0) is 4.74 Å². The van der Waals surface area contributed by atoms with Gasteiger partial charge in [-0.15, -0.1) is 0 Å². The number of ether oxygens (including phenoxy) is 1. The molecule has 1 aliphatic carbocycles. The number of aromatic nitrogens is 1. The van der Waals surface area contributed by atoms with Crippen molar-refractivity contribution in [3.63, 3.8) is 0 Å². The van der Waals surface area contributed by atoms with Gasteiger partial charge in [0.2, 0.25) is 0 Å². The Bertz CT molecular complexity index is 576. The van der Waals surface area contributed by atoms with Crippen molar-refractivity contribution in [1.29, 1.82) is 0 Å². The molecule has 6 heteroatoms. The molecule has 1 aliphatic heterocycles. The molecule has 6 nitrogen and oxygen atoms in total. The molecule has 2 fully saturated rings. The maximum atomic E-state index is 12.1. The number of carbonyl (C=O) groups excluding carboxylic acids is 1. The number of rotatable bonds is 2. The molecule has 1 saturated heterocycles. The van der Waals surface area contributed by atoms with Gasteiger partial charge in [-0.3, -0.25) is 0 Å². The molecule has 1 unspecified atom stereocenters. The van der Waals surface area contributed by atoms with Crippen molar-refractivity contribution >= 4 is 11.8 Å². The molecular formula is C16H25N3O3. The third-order valence-electron chi connectivity index (χ3n) is 4.47. The molecule has 1 aromatic heterocycles. The summed E-state index contributed by atoms with van der Waals surface area (Å²) in [5, 5.41) is 4.26. The van der Waals surface area contributed by atoms with Gasteiger partial charge < -0.3 is 19.1 Å². The second kappa shape index (κ2) is 4.89.